The van der Waals surface area contributed by atoms with Gasteiger partial charge in [-0.3, -0.25) is 19.3 Å². The second kappa shape index (κ2) is 9.06. The van der Waals surface area contributed by atoms with Crippen molar-refractivity contribution in [2.75, 3.05) is 13.1 Å². The molecular formula is C28H26N4O2. The fourth-order valence-electron chi connectivity index (χ4n) is 4.34. The molecule has 170 valence electrons. The van der Waals surface area contributed by atoms with Gasteiger partial charge in [-0.05, 0) is 53.4 Å². The zero-order valence-corrected chi connectivity index (χ0v) is 19.3. The Morgan fingerprint density at radius 1 is 1.00 bits per heavy atom. The van der Waals surface area contributed by atoms with Crippen LogP contribution in [0, 0.1) is 6.92 Å². The summed E-state index contributed by atoms with van der Waals surface area (Å²) in [5.74, 6) is 0.296. The number of benzene rings is 2. The number of aromatic nitrogens is 3. The van der Waals surface area contributed by atoms with Gasteiger partial charge in [0.25, 0.3) is 5.91 Å². The van der Waals surface area contributed by atoms with Crippen LogP contribution < -0.4 is 0 Å². The number of likely N-dealkylation sites (tertiary alicyclic amines) is 1. The van der Waals surface area contributed by atoms with E-state index in [0.29, 0.717) is 30.3 Å². The average Bonchev–Trinajstić information content (AvgIpc) is 3.26. The maximum Gasteiger partial charge on any atom is 0.253 e. The van der Waals surface area contributed by atoms with Crippen LogP contribution in [0.25, 0.3) is 11.1 Å². The summed E-state index contributed by atoms with van der Waals surface area (Å²) in [6.45, 7) is 3.35. The summed E-state index contributed by atoms with van der Waals surface area (Å²) in [5.41, 5.74) is 6.40. The maximum absolute atomic E-state index is 13.1. The first-order chi connectivity index (χ1) is 16.5. The number of carbonyl (C=O) groups excluding carboxylic acids is 2. The second-order valence-corrected chi connectivity index (χ2v) is 8.89. The van der Waals surface area contributed by atoms with E-state index in [4.69, 9.17) is 0 Å². The first-order valence-electron chi connectivity index (χ1n) is 11.4. The van der Waals surface area contributed by atoms with E-state index in [2.05, 4.69) is 34.3 Å². The lowest BCUT2D eigenvalue weighted by Gasteiger charge is -2.39. The van der Waals surface area contributed by atoms with Gasteiger partial charge in [0.15, 0.2) is 5.78 Å². The molecule has 0 unspecified atom stereocenters. The van der Waals surface area contributed by atoms with Gasteiger partial charge in [-0.2, -0.15) is 5.10 Å². The molecule has 0 N–H and O–H groups in total. The first kappa shape index (κ1) is 21.8. The Bertz CT molecular complexity index is 1340. The van der Waals surface area contributed by atoms with E-state index >= 15 is 0 Å². The van der Waals surface area contributed by atoms with Gasteiger partial charge in [-0.25, -0.2) is 0 Å². The minimum atomic E-state index is -0.0490. The van der Waals surface area contributed by atoms with Crippen LogP contribution in [-0.2, 0) is 13.5 Å². The van der Waals surface area contributed by atoms with Gasteiger partial charge in [-0.15, -0.1) is 0 Å². The molecule has 2 aromatic heterocycles. The lowest BCUT2D eigenvalue weighted by Crippen LogP contribution is -2.48. The Morgan fingerprint density at radius 3 is 2.47 bits per heavy atom. The number of rotatable bonds is 6. The van der Waals surface area contributed by atoms with Crippen molar-refractivity contribution < 1.29 is 9.59 Å². The molecule has 1 aliphatic heterocycles. The first-order valence-corrected chi connectivity index (χ1v) is 11.4. The molecule has 6 nitrogen and oxygen atoms in total. The van der Waals surface area contributed by atoms with Crippen LogP contribution in [0.15, 0.2) is 79.3 Å². The average molecular weight is 451 g/mol. The lowest BCUT2D eigenvalue weighted by atomic mass is 9.89. The van der Waals surface area contributed by atoms with Gasteiger partial charge in [0, 0.05) is 56.0 Å². The van der Waals surface area contributed by atoms with Crippen molar-refractivity contribution in [3.8, 4) is 11.1 Å². The molecule has 1 fully saturated rings. The minimum absolute atomic E-state index is 0.00904. The zero-order chi connectivity index (χ0) is 23.7. The van der Waals surface area contributed by atoms with Gasteiger partial charge >= 0.3 is 0 Å². The normalized spacial score (nSPS) is 13.5. The molecule has 0 aliphatic carbocycles. The van der Waals surface area contributed by atoms with E-state index in [0.717, 1.165) is 22.3 Å². The third kappa shape index (κ3) is 4.39. The van der Waals surface area contributed by atoms with Crippen molar-refractivity contribution in [2.24, 2.45) is 7.05 Å². The highest BCUT2D eigenvalue weighted by Crippen LogP contribution is 2.30. The molecule has 0 spiro atoms. The Labute approximate surface area is 198 Å². The molecule has 3 heterocycles. The van der Waals surface area contributed by atoms with Crippen molar-refractivity contribution in [1.29, 1.82) is 0 Å². The highest BCUT2D eigenvalue weighted by atomic mass is 16.2. The van der Waals surface area contributed by atoms with E-state index < -0.39 is 0 Å². The number of hydrogen-bond donors (Lipinski definition) is 0. The van der Waals surface area contributed by atoms with Crippen molar-refractivity contribution >= 4 is 11.7 Å². The molecule has 0 radical (unpaired) electrons. The second-order valence-electron chi connectivity index (χ2n) is 8.89. The van der Waals surface area contributed by atoms with Gasteiger partial charge < -0.3 is 4.90 Å². The number of aryl methyl sites for hydroxylation is 2. The number of carbonyl (C=O) groups is 2. The predicted octanol–water partition coefficient (Wildman–Crippen LogP) is 4.46. The quantitative estimate of drug-likeness (QED) is 0.407. The number of Topliss-reactive ketones (excluding diaryl/α,β-unsaturated/α-hetero) is 1. The molecule has 1 saturated heterocycles. The molecule has 1 amide bonds. The number of pyridine rings is 1. The van der Waals surface area contributed by atoms with Gasteiger partial charge in [0.2, 0.25) is 0 Å². The van der Waals surface area contributed by atoms with Crippen molar-refractivity contribution in [3.63, 3.8) is 0 Å². The van der Waals surface area contributed by atoms with Crippen LogP contribution in [0.1, 0.15) is 43.5 Å². The zero-order valence-electron chi connectivity index (χ0n) is 19.3. The van der Waals surface area contributed by atoms with Crippen LogP contribution >= 0.6 is 0 Å². The van der Waals surface area contributed by atoms with Gasteiger partial charge in [-0.1, -0.05) is 36.4 Å². The van der Waals surface area contributed by atoms with Crippen molar-refractivity contribution in [1.82, 2.24) is 19.7 Å². The van der Waals surface area contributed by atoms with Gasteiger partial charge in [0.1, 0.15) is 5.69 Å². The van der Waals surface area contributed by atoms with Gasteiger partial charge in [0.05, 0.1) is 6.20 Å². The van der Waals surface area contributed by atoms with Crippen molar-refractivity contribution in [3.05, 3.63) is 107 Å². The Balaban J connectivity index is 1.23. The van der Waals surface area contributed by atoms with Crippen LogP contribution in [-0.4, -0.2) is 44.4 Å². The van der Waals surface area contributed by atoms with Crippen molar-refractivity contribution in [2.45, 2.75) is 19.3 Å². The molecular weight excluding hydrogens is 424 g/mol. The number of hydrogen-bond acceptors (Lipinski definition) is 4. The summed E-state index contributed by atoms with van der Waals surface area (Å²) >= 11 is 0. The molecule has 0 atom stereocenters. The Morgan fingerprint density at radius 2 is 1.79 bits per heavy atom. The third-order valence-corrected chi connectivity index (χ3v) is 6.49. The molecule has 5 rings (SSSR count). The molecule has 6 heteroatoms. The van der Waals surface area contributed by atoms with E-state index in [1.165, 1.54) is 5.56 Å². The van der Waals surface area contributed by atoms with E-state index in [9.17, 15) is 9.59 Å². The monoisotopic (exact) mass is 450 g/mol. The fourth-order valence-corrected chi connectivity index (χ4v) is 4.34. The van der Waals surface area contributed by atoms with Crippen LogP contribution in [0.2, 0.25) is 0 Å². The number of ketones is 1. The van der Waals surface area contributed by atoms with E-state index in [1.54, 1.807) is 29.1 Å². The molecule has 34 heavy (non-hydrogen) atoms. The van der Waals surface area contributed by atoms with Crippen LogP contribution in [0.5, 0.6) is 0 Å². The Hall–Kier alpha value is -4.06. The molecule has 4 aromatic rings. The summed E-state index contributed by atoms with van der Waals surface area (Å²) in [6.07, 6.45) is 5.71. The van der Waals surface area contributed by atoms with E-state index in [-0.39, 0.29) is 18.1 Å². The summed E-state index contributed by atoms with van der Waals surface area (Å²) in [5, 5.41) is 4.23. The highest BCUT2D eigenvalue weighted by molar-refractivity contribution is 5.98. The standard InChI is InChI=1S/C28H26N4O2/c1-19-6-7-22(13-23(19)14-27(33)26-5-3-4-12-29-26)28(34)32-17-25(18-32)21-10-8-20(9-11-21)24-15-30-31(2)16-24/h3-13,15-16,25H,14,17-18H2,1-2H3. The molecule has 1 aliphatic rings. The van der Waals surface area contributed by atoms with E-state index in [1.807, 2.05) is 49.5 Å². The SMILES string of the molecule is Cc1ccc(C(=O)N2CC(c3ccc(-c4cnn(C)c4)cc3)C2)cc1CC(=O)c1ccccn1. The van der Waals surface area contributed by atoms with Crippen LogP contribution in [0.4, 0.5) is 0 Å². The minimum Gasteiger partial charge on any atom is -0.337 e. The highest BCUT2D eigenvalue weighted by Gasteiger charge is 2.32. The molecule has 0 bridgehead atoms. The third-order valence-electron chi connectivity index (χ3n) is 6.49. The summed E-state index contributed by atoms with van der Waals surface area (Å²) < 4.78 is 1.80. The largest absolute Gasteiger partial charge is 0.337 e. The number of nitrogens with zero attached hydrogens (tertiary/aromatic N) is 4. The maximum atomic E-state index is 13.1. The fraction of sp³-hybridized carbons (Fsp3) is 0.214. The summed E-state index contributed by atoms with van der Waals surface area (Å²) in [7, 11) is 1.91. The summed E-state index contributed by atoms with van der Waals surface area (Å²) in [6, 6.07) is 19.4. The molecule has 2 aromatic carbocycles. The predicted molar refractivity (Wildman–Crippen MR) is 131 cm³/mol. The molecule has 0 saturated carbocycles. The smallest absolute Gasteiger partial charge is 0.253 e. The Kier molecular flexibility index (Phi) is 5.80. The van der Waals surface area contributed by atoms with Crippen LogP contribution in [0.3, 0.4) is 0 Å². The number of amides is 1. The summed E-state index contributed by atoms with van der Waals surface area (Å²) in [4.78, 5) is 31.7. The lowest BCUT2D eigenvalue weighted by molar-refractivity contribution is 0.0602. The topological polar surface area (TPSA) is 68.1 Å².